The lowest BCUT2D eigenvalue weighted by atomic mass is 10.5. The molecule has 13 heavy (non-hydrogen) atoms. The predicted molar refractivity (Wildman–Crippen MR) is 57.8 cm³/mol. The minimum Gasteiger partial charge on any atom is -0.382 e. The normalized spacial score (nSPS) is 10.5. The first kappa shape index (κ1) is 8.77. The van der Waals surface area contributed by atoms with Gasteiger partial charge in [0.2, 0.25) is 0 Å². The summed E-state index contributed by atoms with van der Waals surface area (Å²) in [4.78, 5) is 1.25. The Morgan fingerprint density at radius 2 is 2.38 bits per heavy atom. The fourth-order valence-corrected chi connectivity index (χ4v) is 2.52. The smallest absolute Gasteiger partial charge is 0.145 e. The molecule has 0 bridgehead atoms. The summed E-state index contributed by atoms with van der Waals surface area (Å²) in [5.74, 6) is 0.563. The highest BCUT2D eigenvalue weighted by atomic mass is 79.9. The quantitative estimate of drug-likeness (QED) is 0.898. The highest BCUT2D eigenvalue weighted by molar-refractivity contribution is 9.10. The maximum atomic E-state index is 5.51. The van der Waals surface area contributed by atoms with E-state index in [1.807, 2.05) is 22.3 Å². The van der Waals surface area contributed by atoms with Crippen LogP contribution in [0.2, 0.25) is 0 Å². The Balaban J connectivity index is 2.19. The molecular weight excluding hydrogens is 250 g/mol. The van der Waals surface area contributed by atoms with Gasteiger partial charge in [0.05, 0.1) is 6.54 Å². The Bertz CT molecular complexity index is 407. The van der Waals surface area contributed by atoms with Crippen LogP contribution in [0.3, 0.4) is 0 Å². The van der Waals surface area contributed by atoms with E-state index < -0.39 is 0 Å². The maximum absolute atomic E-state index is 5.51. The lowest BCUT2D eigenvalue weighted by molar-refractivity contribution is 0.696. The molecule has 2 aromatic heterocycles. The molecule has 2 N–H and O–H groups in total. The summed E-state index contributed by atoms with van der Waals surface area (Å²) in [5, 5.41) is 6.15. The molecule has 0 fully saturated rings. The van der Waals surface area contributed by atoms with E-state index in [0.29, 0.717) is 5.82 Å². The average molecular weight is 258 g/mol. The minimum atomic E-state index is 0.563. The van der Waals surface area contributed by atoms with Gasteiger partial charge < -0.3 is 5.73 Å². The Kier molecular flexibility index (Phi) is 2.37. The van der Waals surface area contributed by atoms with Crippen molar-refractivity contribution < 1.29 is 0 Å². The summed E-state index contributed by atoms with van der Waals surface area (Å²) in [5.41, 5.74) is 5.51. The van der Waals surface area contributed by atoms with Gasteiger partial charge in [-0.15, -0.1) is 11.3 Å². The van der Waals surface area contributed by atoms with E-state index in [9.17, 15) is 0 Å². The zero-order valence-corrected chi connectivity index (χ0v) is 9.18. The molecule has 0 unspecified atom stereocenters. The zero-order chi connectivity index (χ0) is 9.26. The molecule has 0 atom stereocenters. The standard InChI is InChI=1S/C8H8BrN3S/c9-6-2-4-13-7(6)5-12-3-1-8(10)11-12/h1-4H,5H2,(H2,10,11). The number of nitrogens with two attached hydrogens (primary N) is 1. The summed E-state index contributed by atoms with van der Waals surface area (Å²) in [6.07, 6.45) is 1.88. The van der Waals surface area contributed by atoms with E-state index in [4.69, 9.17) is 5.73 Å². The van der Waals surface area contributed by atoms with Gasteiger partial charge in [0.1, 0.15) is 5.82 Å². The highest BCUT2D eigenvalue weighted by Gasteiger charge is 2.02. The van der Waals surface area contributed by atoms with Crippen LogP contribution in [0.25, 0.3) is 0 Å². The third-order valence-electron chi connectivity index (χ3n) is 1.66. The van der Waals surface area contributed by atoms with E-state index in [0.717, 1.165) is 11.0 Å². The monoisotopic (exact) mass is 257 g/mol. The van der Waals surface area contributed by atoms with Crippen molar-refractivity contribution >= 4 is 33.1 Å². The molecule has 0 aliphatic rings. The molecule has 0 radical (unpaired) electrons. The van der Waals surface area contributed by atoms with Crippen LogP contribution in [-0.2, 0) is 6.54 Å². The number of rotatable bonds is 2. The molecule has 0 aliphatic heterocycles. The number of halogens is 1. The minimum absolute atomic E-state index is 0.563. The Morgan fingerprint density at radius 1 is 1.54 bits per heavy atom. The van der Waals surface area contributed by atoms with Crippen molar-refractivity contribution in [2.45, 2.75) is 6.54 Å². The van der Waals surface area contributed by atoms with Crippen LogP contribution in [0, 0.1) is 0 Å². The summed E-state index contributed by atoms with van der Waals surface area (Å²) in [7, 11) is 0. The van der Waals surface area contributed by atoms with Crippen LogP contribution in [0.15, 0.2) is 28.2 Å². The first-order chi connectivity index (χ1) is 6.25. The van der Waals surface area contributed by atoms with Crippen LogP contribution in [0.5, 0.6) is 0 Å². The van der Waals surface area contributed by atoms with E-state index in [-0.39, 0.29) is 0 Å². The molecule has 2 rings (SSSR count). The van der Waals surface area contributed by atoms with E-state index in [1.54, 1.807) is 17.4 Å². The first-order valence-electron chi connectivity index (χ1n) is 3.76. The predicted octanol–water partition coefficient (Wildman–Crippen LogP) is 2.34. The average Bonchev–Trinajstić information content (AvgIpc) is 2.64. The topological polar surface area (TPSA) is 43.8 Å². The largest absolute Gasteiger partial charge is 0.382 e. The molecular formula is C8H8BrN3S. The number of thiophene rings is 1. The Labute approximate surface area is 88.3 Å². The molecule has 0 aromatic carbocycles. The number of anilines is 1. The number of nitrogens with zero attached hydrogens (tertiary/aromatic N) is 2. The van der Waals surface area contributed by atoms with Crippen molar-refractivity contribution in [3.8, 4) is 0 Å². The number of nitrogen functional groups attached to an aromatic ring is 1. The van der Waals surface area contributed by atoms with E-state index >= 15 is 0 Å². The number of aromatic nitrogens is 2. The molecule has 0 spiro atoms. The van der Waals surface area contributed by atoms with Crippen molar-refractivity contribution in [2.75, 3.05) is 5.73 Å². The molecule has 2 heterocycles. The fraction of sp³-hybridized carbons (Fsp3) is 0.125. The zero-order valence-electron chi connectivity index (χ0n) is 6.77. The van der Waals surface area contributed by atoms with Crippen LogP contribution in [-0.4, -0.2) is 9.78 Å². The van der Waals surface area contributed by atoms with Crippen molar-refractivity contribution in [1.29, 1.82) is 0 Å². The van der Waals surface area contributed by atoms with Gasteiger partial charge >= 0.3 is 0 Å². The molecule has 68 valence electrons. The van der Waals surface area contributed by atoms with E-state index in [1.165, 1.54) is 4.88 Å². The summed E-state index contributed by atoms with van der Waals surface area (Å²) in [6.45, 7) is 0.773. The Hall–Kier alpha value is -0.810. The summed E-state index contributed by atoms with van der Waals surface area (Å²) in [6, 6.07) is 3.83. The first-order valence-corrected chi connectivity index (χ1v) is 5.44. The summed E-state index contributed by atoms with van der Waals surface area (Å²) < 4.78 is 2.96. The van der Waals surface area contributed by atoms with Gasteiger partial charge in [-0.05, 0) is 33.4 Å². The van der Waals surface area contributed by atoms with Crippen molar-refractivity contribution in [3.63, 3.8) is 0 Å². The maximum Gasteiger partial charge on any atom is 0.145 e. The third-order valence-corrected chi connectivity index (χ3v) is 3.57. The summed E-state index contributed by atoms with van der Waals surface area (Å²) >= 11 is 5.17. The van der Waals surface area contributed by atoms with E-state index in [2.05, 4.69) is 21.0 Å². The van der Waals surface area contributed by atoms with Crippen LogP contribution >= 0.6 is 27.3 Å². The van der Waals surface area contributed by atoms with Gasteiger partial charge in [0, 0.05) is 15.5 Å². The van der Waals surface area contributed by atoms with Crippen LogP contribution in [0.4, 0.5) is 5.82 Å². The fourth-order valence-electron chi connectivity index (χ4n) is 1.05. The second kappa shape index (κ2) is 3.51. The third kappa shape index (κ3) is 1.92. The van der Waals surface area contributed by atoms with Crippen molar-refractivity contribution in [1.82, 2.24) is 9.78 Å². The van der Waals surface area contributed by atoms with Gasteiger partial charge in [0.15, 0.2) is 0 Å². The molecule has 0 aliphatic carbocycles. The van der Waals surface area contributed by atoms with Gasteiger partial charge in [0.25, 0.3) is 0 Å². The Morgan fingerprint density at radius 3 is 2.92 bits per heavy atom. The SMILES string of the molecule is Nc1ccn(Cc2sccc2Br)n1. The number of hydrogen-bond donors (Lipinski definition) is 1. The van der Waals surface area contributed by atoms with Gasteiger partial charge in [-0.1, -0.05) is 0 Å². The van der Waals surface area contributed by atoms with Gasteiger partial charge in [-0.2, -0.15) is 5.10 Å². The lowest BCUT2D eigenvalue weighted by Gasteiger charge is -1.98. The molecule has 3 nitrogen and oxygen atoms in total. The molecule has 0 saturated carbocycles. The van der Waals surface area contributed by atoms with Crippen molar-refractivity contribution in [3.05, 3.63) is 33.1 Å². The second-order valence-corrected chi connectivity index (χ2v) is 4.48. The highest BCUT2D eigenvalue weighted by Crippen LogP contribution is 2.23. The van der Waals surface area contributed by atoms with Crippen LogP contribution < -0.4 is 5.73 Å². The molecule has 0 amide bonds. The lowest BCUT2D eigenvalue weighted by Crippen LogP contribution is -1.99. The number of hydrogen-bond acceptors (Lipinski definition) is 3. The van der Waals surface area contributed by atoms with Crippen molar-refractivity contribution in [2.24, 2.45) is 0 Å². The second-order valence-electron chi connectivity index (χ2n) is 2.63. The van der Waals surface area contributed by atoms with Gasteiger partial charge in [-0.25, -0.2) is 0 Å². The molecule has 0 saturated heterocycles. The molecule has 5 heteroatoms. The van der Waals surface area contributed by atoms with Gasteiger partial charge in [-0.3, -0.25) is 4.68 Å². The molecule has 2 aromatic rings. The van der Waals surface area contributed by atoms with Crippen LogP contribution in [0.1, 0.15) is 4.88 Å².